The van der Waals surface area contributed by atoms with Crippen molar-refractivity contribution >= 4 is 0 Å². The minimum Gasteiger partial charge on any atom is -0.313 e. The number of nitrogens with zero attached hydrogens (tertiary/aromatic N) is 1. The second-order valence-electron chi connectivity index (χ2n) is 5.67. The van der Waals surface area contributed by atoms with Gasteiger partial charge in [-0.3, -0.25) is 4.98 Å². The summed E-state index contributed by atoms with van der Waals surface area (Å²) in [5, 5.41) is 3.37. The summed E-state index contributed by atoms with van der Waals surface area (Å²) in [5.74, 6) is 0. The van der Waals surface area contributed by atoms with E-state index < -0.39 is 0 Å². The summed E-state index contributed by atoms with van der Waals surface area (Å²) in [6.07, 6.45) is 4.36. The zero-order chi connectivity index (χ0) is 12.2. The first kappa shape index (κ1) is 13.2. The van der Waals surface area contributed by atoms with E-state index in [4.69, 9.17) is 0 Å². The van der Waals surface area contributed by atoms with Gasteiger partial charge in [0.05, 0.1) is 0 Å². The van der Waals surface area contributed by atoms with Gasteiger partial charge in [-0.05, 0) is 43.9 Å². The third kappa shape index (κ3) is 4.31. The SMILES string of the molecule is CNC(CCC(C)(C)C)c1ccc(C)nc1. The molecule has 0 radical (unpaired) electrons. The molecule has 1 unspecified atom stereocenters. The lowest BCUT2D eigenvalue weighted by atomic mass is 9.87. The zero-order valence-corrected chi connectivity index (χ0v) is 11.2. The zero-order valence-electron chi connectivity index (χ0n) is 11.2. The lowest BCUT2D eigenvalue weighted by Gasteiger charge is -2.23. The van der Waals surface area contributed by atoms with Crippen LogP contribution in [0.4, 0.5) is 0 Å². The number of hydrogen-bond acceptors (Lipinski definition) is 2. The number of nitrogens with one attached hydrogen (secondary N) is 1. The number of aromatic nitrogens is 1. The normalized spacial score (nSPS) is 13.8. The Morgan fingerprint density at radius 1 is 1.31 bits per heavy atom. The van der Waals surface area contributed by atoms with Gasteiger partial charge in [-0.1, -0.05) is 26.8 Å². The fourth-order valence-corrected chi connectivity index (χ4v) is 1.74. The lowest BCUT2D eigenvalue weighted by molar-refractivity contribution is 0.338. The van der Waals surface area contributed by atoms with Crippen LogP contribution in [0, 0.1) is 12.3 Å². The molecule has 0 aliphatic carbocycles. The van der Waals surface area contributed by atoms with Gasteiger partial charge in [0.1, 0.15) is 0 Å². The maximum Gasteiger partial charge on any atom is 0.0372 e. The first-order valence-electron chi connectivity index (χ1n) is 6.02. The van der Waals surface area contributed by atoms with Gasteiger partial charge in [-0.2, -0.15) is 0 Å². The molecule has 1 rings (SSSR count). The average molecular weight is 220 g/mol. The van der Waals surface area contributed by atoms with Crippen molar-refractivity contribution in [3.8, 4) is 0 Å². The van der Waals surface area contributed by atoms with Crippen LogP contribution in [0.1, 0.15) is 50.9 Å². The van der Waals surface area contributed by atoms with Gasteiger partial charge in [0, 0.05) is 17.9 Å². The molecule has 1 atom stereocenters. The standard InChI is InChI=1S/C14H24N2/c1-11-6-7-12(10-16-11)13(15-5)8-9-14(2,3)4/h6-7,10,13,15H,8-9H2,1-5H3. The van der Waals surface area contributed by atoms with Gasteiger partial charge in [-0.15, -0.1) is 0 Å². The number of hydrogen-bond donors (Lipinski definition) is 1. The van der Waals surface area contributed by atoms with Crippen molar-refractivity contribution in [1.82, 2.24) is 10.3 Å². The van der Waals surface area contributed by atoms with Crippen molar-refractivity contribution in [2.75, 3.05) is 7.05 Å². The van der Waals surface area contributed by atoms with Crippen LogP contribution in [0.25, 0.3) is 0 Å². The average Bonchev–Trinajstić information content (AvgIpc) is 2.20. The molecule has 0 aromatic carbocycles. The molecule has 0 saturated heterocycles. The molecule has 0 fully saturated rings. The maximum absolute atomic E-state index is 4.35. The van der Waals surface area contributed by atoms with Crippen LogP contribution in [0.3, 0.4) is 0 Å². The van der Waals surface area contributed by atoms with Crippen LogP contribution in [-0.4, -0.2) is 12.0 Å². The quantitative estimate of drug-likeness (QED) is 0.840. The molecule has 2 nitrogen and oxygen atoms in total. The Bertz CT molecular complexity index is 309. The Morgan fingerprint density at radius 2 is 2.00 bits per heavy atom. The molecule has 2 heteroatoms. The molecule has 0 aliphatic heterocycles. The summed E-state index contributed by atoms with van der Waals surface area (Å²) >= 11 is 0. The van der Waals surface area contributed by atoms with Crippen LogP contribution in [0.2, 0.25) is 0 Å². The van der Waals surface area contributed by atoms with Crippen molar-refractivity contribution in [1.29, 1.82) is 0 Å². The molecule has 0 saturated carbocycles. The third-order valence-corrected chi connectivity index (χ3v) is 2.87. The molecule has 1 aromatic rings. The number of pyridine rings is 1. The van der Waals surface area contributed by atoms with E-state index in [0.717, 1.165) is 12.1 Å². The summed E-state index contributed by atoms with van der Waals surface area (Å²) in [7, 11) is 2.02. The van der Waals surface area contributed by atoms with E-state index in [0.29, 0.717) is 11.5 Å². The smallest absolute Gasteiger partial charge is 0.0372 e. The van der Waals surface area contributed by atoms with Crippen LogP contribution in [-0.2, 0) is 0 Å². The van der Waals surface area contributed by atoms with Crippen molar-refractivity contribution in [2.45, 2.75) is 46.6 Å². The predicted octanol–water partition coefficient (Wildman–Crippen LogP) is 3.48. The van der Waals surface area contributed by atoms with Crippen molar-refractivity contribution in [3.05, 3.63) is 29.6 Å². The Kier molecular flexibility index (Phi) is 4.48. The fraction of sp³-hybridized carbons (Fsp3) is 0.643. The predicted molar refractivity (Wildman–Crippen MR) is 69.5 cm³/mol. The summed E-state index contributed by atoms with van der Waals surface area (Å²) in [6.45, 7) is 8.88. The molecule has 16 heavy (non-hydrogen) atoms. The van der Waals surface area contributed by atoms with Crippen molar-refractivity contribution < 1.29 is 0 Å². The van der Waals surface area contributed by atoms with Crippen LogP contribution >= 0.6 is 0 Å². The van der Waals surface area contributed by atoms with Gasteiger partial charge >= 0.3 is 0 Å². The van der Waals surface area contributed by atoms with E-state index in [1.807, 2.05) is 20.2 Å². The topological polar surface area (TPSA) is 24.9 Å². The van der Waals surface area contributed by atoms with Crippen LogP contribution in [0.15, 0.2) is 18.3 Å². The molecule has 0 bridgehead atoms. The molecule has 0 aliphatic rings. The summed E-state index contributed by atoms with van der Waals surface area (Å²) in [5.41, 5.74) is 2.76. The fourth-order valence-electron chi connectivity index (χ4n) is 1.74. The monoisotopic (exact) mass is 220 g/mol. The molecule has 90 valence electrons. The highest BCUT2D eigenvalue weighted by Gasteiger charge is 2.15. The molecule has 1 N–H and O–H groups in total. The molecule has 0 amide bonds. The van der Waals surface area contributed by atoms with E-state index in [-0.39, 0.29) is 0 Å². The number of rotatable bonds is 4. The Hall–Kier alpha value is -0.890. The van der Waals surface area contributed by atoms with E-state index >= 15 is 0 Å². The van der Waals surface area contributed by atoms with Gasteiger partial charge in [-0.25, -0.2) is 0 Å². The molecule has 1 aromatic heterocycles. The van der Waals surface area contributed by atoms with Gasteiger partial charge in [0.15, 0.2) is 0 Å². The van der Waals surface area contributed by atoms with Gasteiger partial charge < -0.3 is 5.32 Å². The van der Waals surface area contributed by atoms with E-state index in [1.165, 1.54) is 12.0 Å². The Labute approximate surface area is 99.5 Å². The van der Waals surface area contributed by atoms with Crippen molar-refractivity contribution in [2.24, 2.45) is 5.41 Å². The van der Waals surface area contributed by atoms with E-state index in [1.54, 1.807) is 0 Å². The van der Waals surface area contributed by atoms with Gasteiger partial charge in [0.2, 0.25) is 0 Å². The van der Waals surface area contributed by atoms with E-state index in [2.05, 4.69) is 43.2 Å². The summed E-state index contributed by atoms with van der Waals surface area (Å²) in [6, 6.07) is 4.68. The maximum atomic E-state index is 4.35. The molecule has 0 spiro atoms. The van der Waals surface area contributed by atoms with E-state index in [9.17, 15) is 0 Å². The first-order chi connectivity index (χ1) is 7.42. The Balaban J connectivity index is 2.64. The minimum atomic E-state index is 0.396. The second kappa shape index (κ2) is 5.44. The van der Waals surface area contributed by atoms with Crippen LogP contribution in [0.5, 0.6) is 0 Å². The third-order valence-electron chi connectivity index (χ3n) is 2.87. The molecule has 1 heterocycles. The lowest BCUT2D eigenvalue weighted by Crippen LogP contribution is -2.19. The van der Waals surface area contributed by atoms with Crippen LogP contribution < -0.4 is 5.32 Å². The highest BCUT2D eigenvalue weighted by molar-refractivity contribution is 5.17. The summed E-state index contributed by atoms with van der Waals surface area (Å²) in [4.78, 5) is 4.35. The second-order valence-corrected chi connectivity index (χ2v) is 5.67. The van der Waals surface area contributed by atoms with Crippen molar-refractivity contribution in [3.63, 3.8) is 0 Å². The van der Waals surface area contributed by atoms with Gasteiger partial charge in [0.25, 0.3) is 0 Å². The summed E-state index contributed by atoms with van der Waals surface area (Å²) < 4.78 is 0. The number of aryl methyl sites for hydroxylation is 1. The largest absolute Gasteiger partial charge is 0.313 e. The highest BCUT2D eigenvalue weighted by atomic mass is 14.9. The first-order valence-corrected chi connectivity index (χ1v) is 6.02. The molecular formula is C14H24N2. The Morgan fingerprint density at radius 3 is 2.44 bits per heavy atom. The minimum absolute atomic E-state index is 0.396. The highest BCUT2D eigenvalue weighted by Crippen LogP contribution is 2.26. The molecular weight excluding hydrogens is 196 g/mol.